The first-order chi connectivity index (χ1) is 7.36. The van der Waals surface area contributed by atoms with Crippen LogP contribution in [0.3, 0.4) is 0 Å². The number of hydrogen-bond acceptors (Lipinski definition) is 4. The van der Waals surface area contributed by atoms with Gasteiger partial charge in [0.1, 0.15) is 0 Å². The summed E-state index contributed by atoms with van der Waals surface area (Å²) in [4.78, 5) is 12.9. The van der Waals surface area contributed by atoms with Crippen LogP contribution in [0.5, 0.6) is 0 Å². The molecule has 0 fully saturated rings. The molecule has 0 saturated heterocycles. The van der Waals surface area contributed by atoms with Crippen LogP contribution < -0.4 is 4.90 Å². The number of anilines is 2. The van der Waals surface area contributed by atoms with E-state index in [2.05, 4.69) is 21.9 Å². The molecule has 0 atom stereocenters. The van der Waals surface area contributed by atoms with Crippen molar-refractivity contribution in [2.24, 2.45) is 0 Å². The lowest BCUT2D eigenvalue weighted by atomic mass is 10.3. The van der Waals surface area contributed by atoms with E-state index >= 15 is 0 Å². The van der Waals surface area contributed by atoms with Gasteiger partial charge in [-0.05, 0) is 12.1 Å². The van der Waals surface area contributed by atoms with Gasteiger partial charge in [0.05, 0.1) is 22.5 Å². The zero-order chi connectivity index (χ0) is 10.3. The Morgan fingerprint density at radius 2 is 1.80 bits per heavy atom. The van der Waals surface area contributed by atoms with Crippen LogP contribution in [0.1, 0.15) is 0 Å². The fourth-order valence-electron chi connectivity index (χ4n) is 1.69. The fraction of sp³-hybridized carbons (Fsp3) is 0.0909. The van der Waals surface area contributed by atoms with E-state index in [-0.39, 0.29) is 0 Å². The first kappa shape index (κ1) is 8.73. The van der Waals surface area contributed by atoms with Crippen LogP contribution in [-0.4, -0.2) is 17.0 Å². The third kappa shape index (κ3) is 1.29. The highest BCUT2D eigenvalue weighted by atomic mass is 32.2. The molecular formula is C11H9N3S. The van der Waals surface area contributed by atoms with Crippen molar-refractivity contribution >= 4 is 23.1 Å². The molecule has 0 bridgehead atoms. The molecule has 3 rings (SSSR count). The third-order valence-electron chi connectivity index (χ3n) is 2.47. The molecule has 0 radical (unpaired) electrons. The molecule has 3 heterocycles. The largest absolute Gasteiger partial charge is 0.341 e. The minimum absolute atomic E-state index is 1.15. The van der Waals surface area contributed by atoms with Crippen LogP contribution in [-0.2, 0) is 0 Å². The quantitative estimate of drug-likeness (QED) is 0.675. The van der Waals surface area contributed by atoms with Gasteiger partial charge in [-0.1, -0.05) is 11.8 Å². The summed E-state index contributed by atoms with van der Waals surface area (Å²) in [6, 6.07) is 4.06. The molecule has 2 aromatic rings. The summed E-state index contributed by atoms with van der Waals surface area (Å²) in [6.07, 6.45) is 7.43. The maximum absolute atomic E-state index is 4.15. The molecular weight excluding hydrogens is 206 g/mol. The molecule has 15 heavy (non-hydrogen) atoms. The predicted molar refractivity (Wildman–Crippen MR) is 60.7 cm³/mol. The van der Waals surface area contributed by atoms with Gasteiger partial charge < -0.3 is 4.90 Å². The summed E-state index contributed by atoms with van der Waals surface area (Å²) in [5.74, 6) is 0. The Hall–Kier alpha value is -1.55. The fourth-order valence-corrected chi connectivity index (χ4v) is 2.77. The van der Waals surface area contributed by atoms with Crippen molar-refractivity contribution in [2.75, 3.05) is 11.9 Å². The normalized spacial score (nSPS) is 13.3. The van der Waals surface area contributed by atoms with Crippen LogP contribution >= 0.6 is 11.8 Å². The second-order valence-electron chi connectivity index (χ2n) is 3.35. The molecule has 4 heteroatoms. The Morgan fingerprint density at radius 1 is 1.00 bits per heavy atom. The van der Waals surface area contributed by atoms with E-state index < -0.39 is 0 Å². The number of hydrogen-bond donors (Lipinski definition) is 0. The molecule has 0 spiro atoms. The van der Waals surface area contributed by atoms with Gasteiger partial charge in [-0.15, -0.1) is 0 Å². The van der Waals surface area contributed by atoms with Gasteiger partial charge in [-0.2, -0.15) is 0 Å². The van der Waals surface area contributed by atoms with E-state index in [9.17, 15) is 0 Å². The maximum Gasteiger partial charge on any atom is 0.0736 e. The predicted octanol–water partition coefficient (Wildman–Crippen LogP) is 2.71. The van der Waals surface area contributed by atoms with Crippen molar-refractivity contribution in [1.82, 2.24) is 9.97 Å². The SMILES string of the molecule is CN1c2ccncc2Sc2ccncc21. The summed E-state index contributed by atoms with van der Waals surface area (Å²) in [6.45, 7) is 0. The van der Waals surface area contributed by atoms with Crippen molar-refractivity contribution in [3.8, 4) is 0 Å². The zero-order valence-corrected chi connectivity index (χ0v) is 9.03. The Labute approximate surface area is 92.2 Å². The van der Waals surface area contributed by atoms with Gasteiger partial charge in [-0.25, -0.2) is 0 Å². The smallest absolute Gasteiger partial charge is 0.0736 e. The monoisotopic (exact) mass is 215 g/mol. The first-order valence-electron chi connectivity index (χ1n) is 4.66. The number of nitrogens with zero attached hydrogens (tertiary/aromatic N) is 3. The highest BCUT2D eigenvalue weighted by molar-refractivity contribution is 7.99. The number of rotatable bonds is 0. The molecule has 3 nitrogen and oxygen atoms in total. The zero-order valence-electron chi connectivity index (χ0n) is 8.21. The average molecular weight is 215 g/mol. The minimum Gasteiger partial charge on any atom is -0.341 e. The maximum atomic E-state index is 4.15. The topological polar surface area (TPSA) is 29.0 Å². The van der Waals surface area contributed by atoms with Crippen LogP contribution in [0.4, 0.5) is 11.4 Å². The molecule has 0 aliphatic carbocycles. The molecule has 1 aliphatic rings. The standard InChI is InChI=1S/C11H9N3S/c1-14-8-2-4-13-7-11(8)15-10-3-5-12-6-9(10)14/h2-7H,1H3. The summed E-state index contributed by atoms with van der Waals surface area (Å²) < 4.78 is 0. The van der Waals surface area contributed by atoms with E-state index in [1.165, 1.54) is 15.5 Å². The molecule has 74 valence electrons. The molecule has 0 unspecified atom stereocenters. The first-order valence-corrected chi connectivity index (χ1v) is 5.47. The van der Waals surface area contributed by atoms with Crippen LogP contribution in [0.25, 0.3) is 0 Å². The summed E-state index contributed by atoms with van der Waals surface area (Å²) >= 11 is 1.74. The summed E-state index contributed by atoms with van der Waals surface area (Å²) in [5.41, 5.74) is 2.34. The van der Waals surface area contributed by atoms with E-state index in [1.54, 1.807) is 11.8 Å². The molecule has 0 aromatic carbocycles. The van der Waals surface area contributed by atoms with Gasteiger partial charge >= 0.3 is 0 Å². The lowest BCUT2D eigenvalue weighted by molar-refractivity contribution is 1.06. The highest BCUT2D eigenvalue weighted by Gasteiger charge is 2.19. The van der Waals surface area contributed by atoms with E-state index in [1.807, 2.05) is 36.9 Å². The summed E-state index contributed by atoms with van der Waals surface area (Å²) in [7, 11) is 2.05. The Morgan fingerprint density at radius 3 is 2.73 bits per heavy atom. The van der Waals surface area contributed by atoms with Crippen molar-refractivity contribution in [2.45, 2.75) is 9.79 Å². The van der Waals surface area contributed by atoms with Crippen molar-refractivity contribution < 1.29 is 0 Å². The Bertz CT molecular complexity index is 467. The third-order valence-corrected chi connectivity index (χ3v) is 3.57. The van der Waals surface area contributed by atoms with Crippen molar-refractivity contribution in [3.05, 3.63) is 36.9 Å². The Kier molecular flexibility index (Phi) is 1.89. The molecule has 0 N–H and O–H groups in total. The van der Waals surface area contributed by atoms with Crippen LogP contribution in [0.2, 0.25) is 0 Å². The Balaban J connectivity index is 2.20. The molecule has 2 aromatic heterocycles. The average Bonchev–Trinajstić information content (AvgIpc) is 2.30. The van der Waals surface area contributed by atoms with Crippen LogP contribution in [0.15, 0.2) is 46.7 Å². The van der Waals surface area contributed by atoms with Gasteiger partial charge in [-0.3, -0.25) is 9.97 Å². The van der Waals surface area contributed by atoms with E-state index in [0.717, 1.165) is 5.69 Å². The van der Waals surface area contributed by atoms with Crippen LogP contribution in [0, 0.1) is 0 Å². The van der Waals surface area contributed by atoms with Crippen molar-refractivity contribution in [1.29, 1.82) is 0 Å². The molecule has 1 aliphatic heterocycles. The second-order valence-corrected chi connectivity index (χ2v) is 4.43. The van der Waals surface area contributed by atoms with E-state index in [0.29, 0.717) is 0 Å². The lowest BCUT2D eigenvalue weighted by Gasteiger charge is -2.28. The minimum atomic E-state index is 1.15. The number of aromatic nitrogens is 2. The van der Waals surface area contributed by atoms with Gasteiger partial charge in [0.2, 0.25) is 0 Å². The van der Waals surface area contributed by atoms with Gasteiger partial charge in [0.25, 0.3) is 0 Å². The molecule has 0 saturated carbocycles. The second kappa shape index (κ2) is 3.24. The highest BCUT2D eigenvalue weighted by Crippen LogP contribution is 2.46. The number of fused-ring (bicyclic) bond motifs is 2. The van der Waals surface area contributed by atoms with Gasteiger partial charge in [0, 0.05) is 30.5 Å². The molecule has 0 amide bonds. The van der Waals surface area contributed by atoms with E-state index in [4.69, 9.17) is 0 Å². The number of pyridine rings is 2. The van der Waals surface area contributed by atoms with Crippen molar-refractivity contribution in [3.63, 3.8) is 0 Å². The van der Waals surface area contributed by atoms with Gasteiger partial charge in [0.15, 0.2) is 0 Å². The summed E-state index contributed by atoms with van der Waals surface area (Å²) in [5, 5.41) is 0. The lowest BCUT2D eigenvalue weighted by Crippen LogP contribution is -2.14.